The van der Waals surface area contributed by atoms with E-state index in [0.717, 1.165) is 5.69 Å². The molecule has 0 aliphatic heterocycles. The Morgan fingerprint density at radius 2 is 2.00 bits per heavy atom. The van der Waals surface area contributed by atoms with Gasteiger partial charge in [0.05, 0.1) is 19.3 Å². The van der Waals surface area contributed by atoms with Gasteiger partial charge in [0.15, 0.2) is 5.96 Å². The monoisotopic (exact) mass is 349 g/mol. The summed E-state index contributed by atoms with van der Waals surface area (Å²) in [6.07, 6.45) is 0.235. The maximum absolute atomic E-state index is 5.71. The quantitative estimate of drug-likeness (QED) is 0.372. The number of para-hydroxylation sites is 1. The summed E-state index contributed by atoms with van der Waals surface area (Å²) in [6.45, 7) is 5.16. The highest BCUT2D eigenvalue weighted by molar-refractivity contribution is 14.0. The highest BCUT2D eigenvalue weighted by Gasteiger charge is 1.94. The van der Waals surface area contributed by atoms with Crippen molar-refractivity contribution >= 4 is 35.6 Å². The molecule has 0 heterocycles. The minimum absolute atomic E-state index is 0. The molecule has 0 spiro atoms. The highest BCUT2D eigenvalue weighted by Crippen LogP contribution is 2.03. The molecule has 0 aliphatic carbocycles. The lowest BCUT2D eigenvalue weighted by Crippen LogP contribution is -2.23. The van der Waals surface area contributed by atoms with E-state index < -0.39 is 0 Å². The van der Waals surface area contributed by atoms with Crippen molar-refractivity contribution in [3.05, 3.63) is 30.3 Å². The summed E-state index contributed by atoms with van der Waals surface area (Å²) in [4.78, 5) is 4.15. The van der Waals surface area contributed by atoms with Crippen LogP contribution in [0.1, 0.15) is 13.8 Å². The first-order valence-corrected chi connectivity index (χ1v) is 5.42. The number of hydrogen-bond donors (Lipinski definition) is 2. The van der Waals surface area contributed by atoms with E-state index in [2.05, 4.69) is 10.3 Å². The van der Waals surface area contributed by atoms with E-state index in [1.807, 2.05) is 44.2 Å². The third-order valence-corrected chi connectivity index (χ3v) is 1.87. The van der Waals surface area contributed by atoms with Crippen molar-refractivity contribution in [2.75, 3.05) is 18.5 Å². The van der Waals surface area contributed by atoms with E-state index in [1.165, 1.54) is 0 Å². The Kier molecular flexibility index (Phi) is 8.79. The maximum Gasteiger partial charge on any atom is 0.193 e. The molecule has 3 N–H and O–H groups in total. The third-order valence-electron chi connectivity index (χ3n) is 1.87. The van der Waals surface area contributed by atoms with Gasteiger partial charge >= 0.3 is 0 Å². The molecular weight excluding hydrogens is 329 g/mol. The minimum atomic E-state index is 0. The van der Waals surface area contributed by atoms with Gasteiger partial charge < -0.3 is 15.8 Å². The average molecular weight is 349 g/mol. The number of nitrogens with one attached hydrogen (secondary N) is 1. The van der Waals surface area contributed by atoms with Crippen LogP contribution in [-0.4, -0.2) is 25.2 Å². The molecule has 0 atom stereocenters. The Labute approximate surface area is 120 Å². The van der Waals surface area contributed by atoms with Crippen molar-refractivity contribution in [1.29, 1.82) is 0 Å². The van der Waals surface area contributed by atoms with Crippen molar-refractivity contribution in [1.82, 2.24) is 0 Å². The molecule has 0 fully saturated rings. The van der Waals surface area contributed by atoms with E-state index >= 15 is 0 Å². The summed E-state index contributed by atoms with van der Waals surface area (Å²) in [5.41, 5.74) is 6.64. The number of halogens is 1. The first-order valence-electron chi connectivity index (χ1n) is 5.42. The largest absolute Gasteiger partial charge is 0.377 e. The molecule has 0 amide bonds. The topological polar surface area (TPSA) is 59.6 Å². The number of nitrogens with two attached hydrogens (primary N) is 1. The number of benzene rings is 1. The zero-order valence-corrected chi connectivity index (χ0v) is 12.5. The van der Waals surface area contributed by atoms with Crippen LogP contribution in [0.2, 0.25) is 0 Å². The van der Waals surface area contributed by atoms with Crippen molar-refractivity contribution in [3.63, 3.8) is 0 Å². The molecule has 0 aromatic heterocycles. The fraction of sp³-hybridized carbons (Fsp3) is 0.417. The predicted octanol–water partition coefficient (Wildman–Crippen LogP) is 2.46. The molecule has 0 unspecified atom stereocenters. The smallest absolute Gasteiger partial charge is 0.193 e. The lowest BCUT2D eigenvalue weighted by Gasteiger charge is -2.07. The SMILES string of the molecule is CC(C)OCCN=C(N)Nc1ccccc1.I. The van der Waals surface area contributed by atoms with Crippen LogP contribution in [0.5, 0.6) is 0 Å². The van der Waals surface area contributed by atoms with Crippen LogP contribution in [-0.2, 0) is 4.74 Å². The number of aliphatic imine (C=N–C) groups is 1. The van der Waals surface area contributed by atoms with Crippen LogP contribution in [0.15, 0.2) is 35.3 Å². The molecule has 0 saturated carbocycles. The Bertz CT molecular complexity index is 328. The van der Waals surface area contributed by atoms with E-state index in [9.17, 15) is 0 Å². The average Bonchev–Trinajstić information content (AvgIpc) is 2.25. The van der Waals surface area contributed by atoms with Gasteiger partial charge in [0, 0.05) is 5.69 Å². The normalized spacial score (nSPS) is 11.1. The van der Waals surface area contributed by atoms with Crippen LogP contribution in [0.4, 0.5) is 5.69 Å². The van der Waals surface area contributed by atoms with Gasteiger partial charge in [-0.05, 0) is 26.0 Å². The first kappa shape index (κ1) is 16.2. The van der Waals surface area contributed by atoms with E-state index in [4.69, 9.17) is 10.5 Å². The Morgan fingerprint density at radius 1 is 1.35 bits per heavy atom. The number of hydrogen-bond acceptors (Lipinski definition) is 2. The van der Waals surface area contributed by atoms with Crippen molar-refractivity contribution < 1.29 is 4.74 Å². The van der Waals surface area contributed by atoms with Crippen LogP contribution in [0, 0.1) is 0 Å². The van der Waals surface area contributed by atoms with E-state index in [-0.39, 0.29) is 30.1 Å². The van der Waals surface area contributed by atoms with Crippen LogP contribution < -0.4 is 11.1 Å². The first-order chi connectivity index (χ1) is 7.68. The molecular formula is C12H20IN3O. The van der Waals surface area contributed by atoms with Crippen molar-refractivity contribution in [2.45, 2.75) is 20.0 Å². The fourth-order valence-corrected chi connectivity index (χ4v) is 1.16. The molecule has 0 bridgehead atoms. The Balaban J connectivity index is 0.00000256. The van der Waals surface area contributed by atoms with E-state index in [0.29, 0.717) is 19.1 Å². The van der Waals surface area contributed by atoms with Gasteiger partial charge in [-0.1, -0.05) is 18.2 Å². The third kappa shape index (κ3) is 7.98. The molecule has 1 aromatic rings. The van der Waals surface area contributed by atoms with Gasteiger partial charge in [-0.3, -0.25) is 4.99 Å². The van der Waals surface area contributed by atoms with Gasteiger partial charge in [0.1, 0.15) is 0 Å². The summed E-state index contributed by atoms with van der Waals surface area (Å²) in [6, 6.07) is 9.71. The lowest BCUT2D eigenvalue weighted by molar-refractivity contribution is 0.0853. The summed E-state index contributed by atoms with van der Waals surface area (Å²) >= 11 is 0. The van der Waals surface area contributed by atoms with Crippen molar-refractivity contribution in [3.8, 4) is 0 Å². The second-order valence-corrected chi connectivity index (χ2v) is 3.68. The zero-order valence-electron chi connectivity index (χ0n) is 10.2. The molecule has 17 heavy (non-hydrogen) atoms. The molecule has 0 radical (unpaired) electrons. The number of guanidine groups is 1. The highest BCUT2D eigenvalue weighted by atomic mass is 127. The Morgan fingerprint density at radius 3 is 2.59 bits per heavy atom. The van der Waals surface area contributed by atoms with Crippen LogP contribution in [0.25, 0.3) is 0 Å². The molecule has 1 rings (SSSR count). The molecule has 4 nitrogen and oxygen atoms in total. The Hall–Kier alpha value is -0.820. The van der Waals surface area contributed by atoms with Gasteiger partial charge in [-0.2, -0.15) is 0 Å². The number of anilines is 1. The van der Waals surface area contributed by atoms with Gasteiger partial charge in [-0.15, -0.1) is 24.0 Å². The number of rotatable bonds is 5. The predicted molar refractivity (Wildman–Crippen MR) is 83.1 cm³/mol. The summed E-state index contributed by atoms with van der Waals surface area (Å²) < 4.78 is 5.35. The summed E-state index contributed by atoms with van der Waals surface area (Å²) in [7, 11) is 0. The second kappa shape index (κ2) is 9.23. The number of ether oxygens (including phenoxy) is 1. The zero-order chi connectivity index (χ0) is 11.8. The minimum Gasteiger partial charge on any atom is -0.377 e. The summed E-state index contributed by atoms with van der Waals surface area (Å²) in [5.74, 6) is 0.415. The molecule has 1 aromatic carbocycles. The molecule has 5 heteroatoms. The standard InChI is InChI=1S/C12H19N3O.HI/c1-10(2)16-9-8-14-12(13)15-11-6-4-3-5-7-11;/h3-7,10H,8-9H2,1-2H3,(H3,13,14,15);1H. The van der Waals surface area contributed by atoms with Crippen molar-refractivity contribution in [2.24, 2.45) is 10.7 Å². The second-order valence-electron chi connectivity index (χ2n) is 3.68. The van der Waals surface area contributed by atoms with Crippen LogP contribution in [0.3, 0.4) is 0 Å². The van der Waals surface area contributed by atoms with Gasteiger partial charge in [0.25, 0.3) is 0 Å². The molecule has 0 aliphatic rings. The summed E-state index contributed by atoms with van der Waals surface area (Å²) in [5, 5.41) is 3.00. The number of nitrogens with zero attached hydrogens (tertiary/aromatic N) is 1. The molecule has 0 saturated heterocycles. The van der Waals surface area contributed by atoms with Gasteiger partial charge in [0.2, 0.25) is 0 Å². The lowest BCUT2D eigenvalue weighted by atomic mass is 10.3. The van der Waals surface area contributed by atoms with Crippen LogP contribution >= 0.6 is 24.0 Å². The maximum atomic E-state index is 5.71. The fourth-order valence-electron chi connectivity index (χ4n) is 1.16. The van der Waals surface area contributed by atoms with Gasteiger partial charge in [-0.25, -0.2) is 0 Å². The molecule has 96 valence electrons. The van der Waals surface area contributed by atoms with E-state index in [1.54, 1.807) is 0 Å².